The maximum absolute atomic E-state index is 12.3. The molecule has 0 saturated carbocycles. The van der Waals surface area contributed by atoms with Crippen molar-refractivity contribution in [1.82, 2.24) is 10.2 Å². The lowest BCUT2D eigenvalue weighted by Crippen LogP contribution is -2.34. The number of nitrogens with zero attached hydrogens (tertiary/aromatic N) is 1. The molecule has 0 bridgehead atoms. The first-order valence-electron chi connectivity index (χ1n) is 6.80. The Morgan fingerprint density at radius 2 is 2.28 bits per heavy atom. The Morgan fingerprint density at radius 1 is 1.50 bits per heavy atom. The molecule has 1 amide bonds. The lowest BCUT2D eigenvalue weighted by atomic mass is 9.94. The SMILES string of the molecule is CCN(Cc1cccs1)C(=O)CC1CCNCC1. The van der Waals surface area contributed by atoms with E-state index >= 15 is 0 Å². The Bertz CT molecular complexity index is 358. The highest BCUT2D eigenvalue weighted by atomic mass is 32.1. The fourth-order valence-electron chi connectivity index (χ4n) is 2.43. The quantitative estimate of drug-likeness (QED) is 0.888. The first kappa shape index (κ1) is 13.6. The molecule has 3 nitrogen and oxygen atoms in total. The van der Waals surface area contributed by atoms with E-state index in [0.29, 0.717) is 11.8 Å². The van der Waals surface area contributed by atoms with Crippen molar-refractivity contribution < 1.29 is 4.79 Å². The highest BCUT2D eigenvalue weighted by Gasteiger charge is 2.20. The van der Waals surface area contributed by atoms with Crippen LogP contribution in [0.25, 0.3) is 0 Å². The van der Waals surface area contributed by atoms with Gasteiger partial charge in [-0.25, -0.2) is 0 Å². The number of amides is 1. The first-order chi connectivity index (χ1) is 8.79. The predicted molar refractivity (Wildman–Crippen MR) is 75.6 cm³/mol. The average molecular weight is 266 g/mol. The zero-order chi connectivity index (χ0) is 12.8. The minimum atomic E-state index is 0.317. The van der Waals surface area contributed by atoms with E-state index in [1.165, 1.54) is 4.88 Å². The number of thiophene rings is 1. The van der Waals surface area contributed by atoms with E-state index in [1.54, 1.807) is 11.3 Å². The molecule has 1 N–H and O–H groups in total. The first-order valence-corrected chi connectivity index (χ1v) is 7.68. The molecule has 0 aliphatic carbocycles. The number of hydrogen-bond donors (Lipinski definition) is 1. The van der Waals surface area contributed by atoms with Gasteiger partial charge in [0.2, 0.25) is 5.91 Å². The zero-order valence-electron chi connectivity index (χ0n) is 11.0. The van der Waals surface area contributed by atoms with Crippen LogP contribution in [-0.2, 0) is 11.3 Å². The summed E-state index contributed by atoms with van der Waals surface area (Å²) >= 11 is 1.73. The van der Waals surface area contributed by atoms with Gasteiger partial charge >= 0.3 is 0 Å². The van der Waals surface area contributed by atoms with E-state index in [2.05, 4.69) is 23.7 Å². The summed E-state index contributed by atoms with van der Waals surface area (Å²) < 4.78 is 0. The molecule has 100 valence electrons. The van der Waals surface area contributed by atoms with Crippen molar-refractivity contribution in [2.75, 3.05) is 19.6 Å². The molecule has 1 aliphatic rings. The molecule has 1 aromatic heterocycles. The molecular formula is C14H22N2OS. The van der Waals surface area contributed by atoms with E-state index < -0.39 is 0 Å². The molecule has 0 aromatic carbocycles. The molecule has 18 heavy (non-hydrogen) atoms. The topological polar surface area (TPSA) is 32.3 Å². The van der Waals surface area contributed by atoms with Gasteiger partial charge in [-0.2, -0.15) is 0 Å². The monoisotopic (exact) mass is 266 g/mol. The average Bonchev–Trinajstić information content (AvgIpc) is 2.90. The molecule has 0 atom stereocenters. The molecule has 1 fully saturated rings. The predicted octanol–water partition coefficient (Wildman–Crippen LogP) is 2.49. The lowest BCUT2D eigenvalue weighted by molar-refractivity contribution is -0.132. The fraction of sp³-hybridized carbons (Fsp3) is 0.643. The maximum atomic E-state index is 12.3. The molecule has 0 unspecified atom stereocenters. The smallest absolute Gasteiger partial charge is 0.223 e. The standard InChI is InChI=1S/C14H22N2OS/c1-2-16(11-13-4-3-9-18-13)14(17)10-12-5-7-15-8-6-12/h3-4,9,12,15H,2,5-8,10-11H2,1H3. The summed E-state index contributed by atoms with van der Waals surface area (Å²) in [6, 6.07) is 4.15. The summed E-state index contributed by atoms with van der Waals surface area (Å²) in [5.41, 5.74) is 0. The van der Waals surface area contributed by atoms with Gasteiger partial charge in [-0.3, -0.25) is 4.79 Å². The van der Waals surface area contributed by atoms with Gasteiger partial charge in [0.1, 0.15) is 0 Å². The second-order valence-electron chi connectivity index (χ2n) is 4.88. The Kier molecular flexibility index (Phi) is 5.20. The number of nitrogens with one attached hydrogen (secondary N) is 1. The third-order valence-electron chi connectivity index (χ3n) is 3.58. The van der Waals surface area contributed by atoms with Gasteiger partial charge in [-0.15, -0.1) is 11.3 Å². The number of carbonyl (C=O) groups excluding carboxylic acids is 1. The van der Waals surface area contributed by atoms with Crippen LogP contribution in [0, 0.1) is 5.92 Å². The molecule has 1 aliphatic heterocycles. The molecule has 1 saturated heterocycles. The summed E-state index contributed by atoms with van der Waals surface area (Å²) in [5, 5.41) is 5.41. The number of piperidine rings is 1. The van der Waals surface area contributed by atoms with E-state index in [-0.39, 0.29) is 0 Å². The Labute approximate surface area is 113 Å². The van der Waals surface area contributed by atoms with Gasteiger partial charge < -0.3 is 10.2 Å². The van der Waals surface area contributed by atoms with E-state index in [0.717, 1.165) is 45.4 Å². The van der Waals surface area contributed by atoms with Gasteiger partial charge in [-0.1, -0.05) is 6.07 Å². The summed E-state index contributed by atoms with van der Waals surface area (Å²) in [6.45, 7) is 5.78. The van der Waals surface area contributed by atoms with Gasteiger partial charge in [0, 0.05) is 17.8 Å². The summed E-state index contributed by atoms with van der Waals surface area (Å²) in [6.07, 6.45) is 3.01. The van der Waals surface area contributed by atoms with Crippen molar-refractivity contribution in [1.29, 1.82) is 0 Å². The van der Waals surface area contributed by atoms with Crippen LogP contribution >= 0.6 is 11.3 Å². The summed E-state index contributed by atoms with van der Waals surface area (Å²) in [7, 11) is 0. The van der Waals surface area contributed by atoms with Crippen molar-refractivity contribution in [2.24, 2.45) is 5.92 Å². The van der Waals surface area contributed by atoms with Crippen molar-refractivity contribution in [3.8, 4) is 0 Å². The third-order valence-corrected chi connectivity index (χ3v) is 4.44. The Balaban J connectivity index is 1.84. The molecule has 1 aromatic rings. The minimum Gasteiger partial charge on any atom is -0.338 e. The lowest BCUT2D eigenvalue weighted by Gasteiger charge is -2.26. The fourth-order valence-corrected chi connectivity index (χ4v) is 3.15. The molecule has 0 spiro atoms. The Morgan fingerprint density at radius 3 is 2.89 bits per heavy atom. The van der Waals surface area contributed by atoms with Crippen LogP contribution in [0.5, 0.6) is 0 Å². The van der Waals surface area contributed by atoms with Crippen molar-refractivity contribution in [2.45, 2.75) is 32.7 Å². The van der Waals surface area contributed by atoms with Crippen molar-refractivity contribution in [3.63, 3.8) is 0 Å². The van der Waals surface area contributed by atoms with Crippen LogP contribution in [0.3, 0.4) is 0 Å². The second-order valence-corrected chi connectivity index (χ2v) is 5.92. The molecule has 0 radical (unpaired) electrons. The number of carbonyl (C=O) groups is 1. The molecular weight excluding hydrogens is 244 g/mol. The van der Waals surface area contributed by atoms with E-state index in [4.69, 9.17) is 0 Å². The second kappa shape index (κ2) is 6.90. The third kappa shape index (κ3) is 3.82. The normalized spacial score (nSPS) is 16.7. The maximum Gasteiger partial charge on any atom is 0.223 e. The summed E-state index contributed by atoms with van der Waals surface area (Å²) in [4.78, 5) is 15.5. The minimum absolute atomic E-state index is 0.317. The van der Waals surface area contributed by atoms with Crippen LogP contribution < -0.4 is 5.32 Å². The van der Waals surface area contributed by atoms with Crippen LogP contribution in [0.2, 0.25) is 0 Å². The van der Waals surface area contributed by atoms with Crippen molar-refractivity contribution >= 4 is 17.2 Å². The van der Waals surface area contributed by atoms with Crippen molar-refractivity contribution in [3.05, 3.63) is 22.4 Å². The summed E-state index contributed by atoms with van der Waals surface area (Å²) in [5.74, 6) is 0.897. The van der Waals surface area contributed by atoms with Crippen LogP contribution in [0.1, 0.15) is 31.1 Å². The van der Waals surface area contributed by atoms with Crippen LogP contribution in [-0.4, -0.2) is 30.4 Å². The largest absolute Gasteiger partial charge is 0.338 e. The van der Waals surface area contributed by atoms with Gasteiger partial charge in [-0.05, 0) is 50.2 Å². The highest BCUT2D eigenvalue weighted by Crippen LogP contribution is 2.19. The van der Waals surface area contributed by atoms with E-state index in [9.17, 15) is 4.79 Å². The van der Waals surface area contributed by atoms with Crippen LogP contribution in [0.15, 0.2) is 17.5 Å². The van der Waals surface area contributed by atoms with Gasteiger partial charge in [0.05, 0.1) is 6.54 Å². The van der Waals surface area contributed by atoms with E-state index in [1.807, 2.05) is 11.0 Å². The molecule has 2 rings (SSSR count). The number of rotatable bonds is 5. The number of hydrogen-bond acceptors (Lipinski definition) is 3. The molecule has 2 heterocycles. The highest BCUT2D eigenvalue weighted by molar-refractivity contribution is 7.09. The molecule has 4 heteroatoms. The van der Waals surface area contributed by atoms with Gasteiger partial charge in [0.25, 0.3) is 0 Å². The zero-order valence-corrected chi connectivity index (χ0v) is 11.8. The Hall–Kier alpha value is -0.870. The van der Waals surface area contributed by atoms with Gasteiger partial charge in [0.15, 0.2) is 0 Å². The van der Waals surface area contributed by atoms with Crippen LogP contribution in [0.4, 0.5) is 0 Å².